The highest BCUT2D eigenvalue weighted by molar-refractivity contribution is 7.16. The van der Waals surface area contributed by atoms with Gasteiger partial charge in [0.2, 0.25) is 0 Å². The molecule has 0 fully saturated rings. The van der Waals surface area contributed by atoms with Gasteiger partial charge in [0.15, 0.2) is 4.80 Å². The van der Waals surface area contributed by atoms with Gasteiger partial charge in [0, 0.05) is 16.6 Å². The predicted octanol–water partition coefficient (Wildman–Crippen LogP) is 7.40. The number of rotatable bonds is 7. The Morgan fingerprint density at radius 1 is 1.12 bits per heavy atom. The summed E-state index contributed by atoms with van der Waals surface area (Å²) in [5.41, 5.74) is 2.32. The van der Waals surface area contributed by atoms with Gasteiger partial charge in [0.1, 0.15) is 10.8 Å². The number of ether oxygens (including phenoxy) is 1. The van der Waals surface area contributed by atoms with Crippen LogP contribution >= 0.6 is 34.3 Å². The molecule has 1 amide bonds. The van der Waals surface area contributed by atoms with Crippen molar-refractivity contribution in [1.82, 2.24) is 4.57 Å². The molecule has 0 aliphatic carbocycles. The van der Waals surface area contributed by atoms with Crippen molar-refractivity contribution in [2.45, 2.75) is 26.8 Å². The van der Waals surface area contributed by atoms with Crippen LogP contribution in [0.25, 0.3) is 10.6 Å². The Hall–Kier alpha value is -2.87. The van der Waals surface area contributed by atoms with E-state index in [1.807, 2.05) is 42.6 Å². The minimum atomic E-state index is -0.186. The van der Waals surface area contributed by atoms with Gasteiger partial charge in [-0.2, -0.15) is 0 Å². The Morgan fingerprint density at radius 3 is 2.45 bits per heavy atom. The molecule has 4 aromatic rings. The van der Waals surface area contributed by atoms with Crippen molar-refractivity contribution in [3.63, 3.8) is 0 Å². The second kappa shape index (κ2) is 10.4. The average Bonchev–Trinajstić information content (AvgIpc) is 3.43. The van der Waals surface area contributed by atoms with E-state index in [4.69, 9.17) is 21.3 Å². The third-order valence-corrected chi connectivity index (χ3v) is 6.93. The van der Waals surface area contributed by atoms with Crippen molar-refractivity contribution >= 4 is 50.9 Å². The van der Waals surface area contributed by atoms with E-state index in [2.05, 4.69) is 29.8 Å². The van der Waals surface area contributed by atoms with Gasteiger partial charge in [-0.05, 0) is 80.7 Å². The molecule has 33 heavy (non-hydrogen) atoms. The van der Waals surface area contributed by atoms with Crippen molar-refractivity contribution < 1.29 is 9.53 Å². The molecule has 0 unspecified atom stereocenters. The maximum absolute atomic E-state index is 13.0. The van der Waals surface area contributed by atoms with Gasteiger partial charge in [0.25, 0.3) is 5.91 Å². The monoisotopic (exact) mass is 497 g/mol. The first-order valence-electron chi connectivity index (χ1n) is 10.6. The third kappa shape index (κ3) is 5.38. The number of thiophene rings is 1. The van der Waals surface area contributed by atoms with Crippen LogP contribution in [0.3, 0.4) is 0 Å². The van der Waals surface area contributed by atoms with E-state index in [-0.39, 0.29) is 11.9 Å². The summed E-state index contributed by atoms with van der Waals surface area (Å²) >= 11 is 9.08. The Bertz CT molecular complexity index is 1290. The number of aromatic nitrogens is 1. The Morgan fingerprint density at radius 2 is 1.85 bits per heavy atom. The highest BCUT2D eigenvalue weighted by Crippen LogP contribution is 2.36. The summed E-state index contributed by atoms with van der Waals surface area (Å²) in [6, 6.07) is 18.8. The van der Waals surface area contributed by atoms with E-state index in [1.54, 1.807) is 35.6 Å². The number of nitrogens with zero attached hydrogens (tertiary/aromatic N) is 2. The number of benzene rings is 2. The number of halogens is 1. The van der Waals surface area contributed by atoms with Gasteiger partial charge in [-0.3, -0.25) is 4.79 Å². The number of hydrogen-bond acceptors (Lipinski definition) is 5. The van der Waals surface area contributed by atoms with E-state index in [1.165, 1.54) is 11.3 Å². The fourth-order valence-electron chi connectivity index (χ4n) is 3.35. The molecule has 5 nitrogen and oxygen atoms in total. The number of hydrogen-bond donors (Lipinski definition) is 1. The normalized spacial score (nSPS) is 11.7. The molecule has 2 aromatic heterocycles. The van der Waals surface area contributed by atoms with E-state index in [9.17, 15) is 4.79 Å². The van der Waals surface area contributed by atoms with Crippen molar-refractivity contribution in [2.75, 3.05) is 11.9 Å². The van der Waals surface area contributed by atoms with Crippen LogP contribution in [-0.2, 0) is 0 Å². The third-order valence-electron chi connectivity index (χ3n) is 4.83. The van der Waals surface area contributed by atoms with Gasteiger partial charge in [-0.1, -0.05) is 29.0 Å². The van der Waals surface area contributed by atoms with Crippen LogP contribution in [-0.4, -0.2) is 17.1 Å². The van der Waals surface area contributed by atoms with Crippen LogP contribution in [0.15, 0.2) is 71.0 Å². The lowest BCUT2D eigenvalue weighted by Gasteiger charge is -2.13. The van der Waals surface area contributed by atoms with Gasteiger partial charge in [-0.15, -0.1) is 11.3 Å². The van der Waals surface area contributed by atoms with Crippen LogP contribution in [0.5, 0.6) is 5.75 Å². The molecule has 0 atom stereocenters. The zero-order valence-electron chi connectivity index (χ0n) is 18.5. The van der Waals surface area contributed by atoms with Crippen LogP contribution in [0.4, 0.5) is 10.7 Å². The number of nitrogens with one attached hydrogen (secondary N) is 1. The summed E-state index contributed by atoms with van der Waals surface area (Å²) in [5, 5.41) is 6.49. The molecule has 0 saturated carbocycles. The second-order valence-electron chi connectivity index (χ2n) is 7.50. The zero-order valence-corrected chi connectivity index (χ0v) is 20.9. The molecule has 0 aliphatic heterocycles. The average molecular weight is 498 g/mol. The van der Waals surface area contributed by atoms with Crippen molar-refractivity contribution in [3.8, 4) is 16.3 Å². The topological polar surface area (TPSA) is 55.6 Å². The molecular weight excluding hydrogens is 474 g/mol. The molecule has 0 saturated heterocycles. The highest BCUT2D eigenvalue weighted by Gasteiger charge is 2.21. The molecule has 2 aromatic carbocycles. The molecular formula is C25H24ClN3O2S2. The number of thiazole rings is 1. The van der Waals surface area contributed by atoms with Crippen LogP contribution < -0.4 is 14.9 Å². The standard InChI is InChI=1S/C25H24ClN3O2S2/c1-4-31-20-13-11-19(12-14-20)27-25-29(16(2)3)22(21-6-5-15-32-21)24(33-25)28-23(30)17-7-9-18(26)10-8-17/h5-16H,4H2,1-3H3,(H,28,30). The molecule has 0 spiro atoms. The molecule has 0 radical (unpaired) electrons. The number of anilines is 1. The molecule has 2 heterocycles. The fourth-order valence-corrected chi connectivity index (χ4v) is 5.50. The van der Waals surface area contributed by atoms with Crippen molar-refractivity contribution in [1.29, 1.82) is 0 Å². The lowest BCUT2D eigenvalue weighted by molar-refractivity contribution is 0.102. The van der Waals surface area contributed by atoms with Crippen LogP contribution in [0.2, 0.25) is 5.02 Å². The summed E-state index contributed by atoms with van der Waals surface area (Å²) in [6.45, 7) is 6.81. The van der Waals surface area contributed by atoms with Crippen LogP contribution in [0, 0.1) is 0 Å². The summed E-state index contributed by atoms with van der Waals surface area (Å²) in [7, 11) is 0. The largest absolute Gasteiger partial charge is 0.494 e. The lowest BCUT2D eigenvalue weighted by Crippen LogP contribution is -2.18. The van der Waals surface area contributed by atoms with Gasteiger partial charge in [0.05, 0.1) is 22.9 Å². The predicted molar refractivity (Wildman–Crippen MR) is 138 cm³/mol. The summed E-state index contributed by atoms with van der Waals surface area (Å²) < 4.78 is 7.71. The number of amides is 1. The van der Waals surface area contributed by atoms with E-state index in [0.29, 0.717) is 17.2 Å². The molecule has 4 rings (SSSR count). The SMILES string of the molecule is CCOc1ccc(N=c2sc(NC(=O)c3ccc(Cl)cc3)c(-c3cccs3)n2C(C)C)cc1. The smallest absolute Gasteiger partial charge is 0.256 e. The quantitative estimate of drug-likeness (QED) is 0.289. The Kier molecular flexibility index (Phi) is 7.33. The maximum Gasteiger partial charge on any atom is 0.256 e. The van der Waals surface area contributed by atoms with E-state index < -0.39 is 0 Å². The van der Waals surface area contributed by atoms with Crippen molar-refractivity contribution in [3.05, 3.63) is 81.4 Å². The van der Waals surface area contributed by atoms with Gasteiger partial charge in [-0.25, -0.2) is 4.99 Å². The lowest BCUT2D eigenvalue weighted by atomic mass is 10.2. The summed E-state index contributed by atoms with van der Waals surface area (Å²) in [6.07, 6.45) is 0. The minimum Gasteiger partial charge on any atom is -0.494 e. The number of carbonyl (C=O) groups is 1. The van der Waals surface area contributed by atoms with E-state index in [0.717, 1.165) is 31.8 Å². The highest BCUT2D eigenvalue weighted by atomic mass is 35.5. The second-order valence-corrected chi connectivity index (χ2v) is 9.86. The first-order chi connectivity index (χ1) is 16.0. The number of carbonyl (C=O) groups excluding carboxylic acids is 1. The van der Waals surface area contributed by atoms with Gasteiger partial charge < -0.3 is 14.6 Å². The fraction of sp³-hybridized carbons (Fsp3) is 0.200. The van der Waals surface area contributed by atoms with Crippen molar-refractivity contribution in [2.24, 2.45) is 4.99 Å². The van der Waals surface area contributed by atoms with E-state index >= 15 is 0 Å². The molecule has 1 N–H and O–H groups in total. The summed E-state index contributed by atoms with van der Waals surface area (Å²) in [5.74, 6) is 0.629. The first-order valence-corrected chi connectivity index (χ1v) is 12.7. The molecule has 0 bridgehead atoms. The Labute approximate surface area is 206 Å². The zero-order chi connectivity index (χ0) is 23.4. The summed E-state index contributed by atoms with van der Waals surface area (Å²) in [4.78, 5) is 19.8. The molecule has 8 heteroatoms. The first kappa shape index (κ1) is 23.3. The molecule has 170 valence electrons. The van der Waals surface area contributed by atoms with Gasteiger partial charge >= 0.3 is 0 Å². The maximum atomic E-state index is 13.0. The Balaban J connectivity index is 1.80. The molecule has 0 aliphatic rings. The minimum absolute atomic E-state index is 0.140. The van der Waals surface area contributed by atoms with Crippen LogP contribution in [0.1, 0.15) is 37.2 Å².